The molecule has 0 bridgehead atoms. The van der Waals surface area contributed by atoms with Crippen LogP contribution in [-0.4, -0.2) is 0 Å². The molecule has 0 spiro atoms. The second kappa shape index (κ2) is 13.0. The molecule has 1 unspecified atom stereocenters. The zero-order valence-corrected chi connectivity index (χ0v) is 28.0. The van der Waals surface area contributed by atoms with Gasteiger partial charge in [-0.05, 0) is 119 Å². The van der Waals surface area contributed by atoms with Crippen molar-refractivity contribution in [2.24, 2.45) is 0 Å². The quantitative estimate of drug-likeness (QED) is 0.119. The van der Waals surface area contributed by atoms with Crippen LogP contribution in [0.1, 0.15) is 29.2 Å². The second-order valence-electron chi connectivity index (χ2n) is 12.5. The number of para-hydroxylation sites is 4. The van der Waals surface area contributed by atoms with E-state index in [0.717, 1.165) is 56.4 Å². The molecule has 0 aromatic heterocycles. The van der Waals surface area contributed by atoms with Crippen molar-refractivity contribution in [1.29, 1.82) is 0 Å². The first-order valence-corrected chi connectivity index (χ1v) is 17.0. The summed E-state index contributed by atoms with van der Waals surface area (Å²) >= 11 is 7.49. The van der Waals surface area contributed by atoms with Crippen LogP contribution in [0.3, 0.4) is 0 Å². The van der Waals surface area contributed by atoms with Gasteiger partial charge in [0.1, 0.15) is 0 Å². The average Bonchev–Trinajstić information content (AvgIpc) is 3.38. The summed E-state index contributed by atoms with van der Waals surface area (Å²) in [5.41, 5.74) is 13.5. The van der Waals surface area contributed by atoms with Gasteiger partial charge in [0.2, 0.25) is 0 Å². The van der Waals surface area contributed by atoms with Crippen molar-refractivity contribution in [1.82, 2.24) is 0 Å². The minimum absolute atomic E-state index is 0.663. The van der Waals surface area contributed by atoms with Crippen LogP contribution in [-0.2, 0) is 4.87 Å². The molecule has 1 aliphatic carbocycles. The largest absolute Gasteiger partial charge is 0.311 e. The van der Waals surface area contributed by atoms with Crippen molar-refractivity contribution in [2.45, 2.75) is 11.8 Å². The summed E-state index contributed by atoms with van der Waals surface area (Å²) in [4.78, 5) is 3.90. The maximum Gasteiger partial charge on any atom is 0.0928 e. The lowest BCUT2D eigenvalue weighted by Gasteiger charge is -2.27. The van der Waals surface area contributed by atoms with E-state index in [-0.39, 0.29) is 0 Å². The maximum absolute atomic E-state index is 7.49. The molecule has 236 valence electrons. The van der Waals surface area contributed by atoms with E-state index in [1.54, 1.807) is 0 Å². The van der Waals surface area contributed by atoms with E-state index in [1.165, 1.54) is 11.1 Å². The third kappa shape index (κ3) is 5.92. The van der Waals surface area contributed by atoms with E-state index in [4.69, 9.17) is 11.6 Å². The van der Waals surface area contributed by atoms with E-state index in [1.807, 2.05) is 24.3 Å². The van der Waals surface area contributed by atoms with Gasteiger partial charge in [0.05, 0.1) is 4.87 Å². The Bertz CT molecular complexity index is 2150. The van der Waals surface area contributed by atoms with Crippen molar-refractivity contribution in [3.63, 3.8) is 0 Å². The second-order valence-corrected chi connectivity index (χ2v) is 13.2. The highest BCUT2D eigenvalue weighted by Crippen LogP contribution is 2.53. The van der Waals surface area contributed by atoms with Crippen LogP contribution in [0, 0.1) is 0 Å². The Morgan fingerprint density at radius 3 is 1.22 bits per heavy atom. The van der Waals surface area contributed by atoms with E-state index in [9.17, 15) is 0 Å². The Morgan fingerprint density at radius 1 is 0.388 bits per heavy atom. The van der Waals surface area contributed by atoms with Crippen molar-refractivity contribution in [3.05, 3.63) is 204 Å². The summed E-state index contributed by atoms with van der Waals surface area (Å²) in [7, 11) is 0. The van der Waals surface area contributed by atoms with Gasteiger partial charge in [0.15, 0.2) is 0 Å². The van der Waals surface area contributed by atoms with Gasteiger partial charge in [-0.15, -0.1) is 11.6 Å². The molecule has 3 heteroatoms. The molecule has 1 aliphatic rings. The summed E-state index contributed by atoms with van der Waals surface area (Å²) < 4.78 is 0. The molecule has 7 aromatic rings. The number of halogens is 1. The highest BCUT2D eigenvalue weighted by molar-refractivity contribution is 6.28. The predicted molar refractivity (Wildman–Crippen MR) is 209 cm³/mol. The van der Waals surface area contributed by atoms with Gasteiger partial charge in [0, 0.05) is 34.1 Å². The fourth-order valence-electron chi connectivity index (χ4n) is 6.86. The van der Waals surface area contributed by atoms with Crippen LogP contribution in [0.25, 0.3) is 23.3 Å². The van der Waals surface area contributed by atoms with E-state index < -0.39 is 4.87 Å². The van der Waals surface area contributed by atoms with Crippen LogP contribution in [0.5, 0.6) is 0 Å². The normalized spacial score (nSPS) is 14.7. The van der Waals surface area contributed by atoms with E-state index in [0.29, 0.717) is 0 Å². The average molecular weight is 651 g/mol. The van der Waals surface area contributed by atoms with E-state index in [2.05, 4.69) is 187 Å². The molecule has 8 rings (SSSR count). The highest BCUT2D eigenvalue weighted by atomic mass is 35.5. The fraction of sp³-hybridized carbons (Fsp3) is 0.0435. The third-order valence-corrected chi connectivity index (χ3v) is 9.69. The molecule has 7 aromatic carbocycles. The monoisotopic (exact) mass is 650 g/mol. The summed E-state index contributed by atoms with van der Waals surface area (Å²) in [6, 6.07) is 64.0. The SMILES string of the molecule is CC1(Cl)c2cc(C=Cc3ccc(N(c4ccccc4)c4ccccc4)cc3)ccc2-c2ccc(N(c3ccccc3)c3ccccc3)cc21. The van der Waals surface area contributed by atoms with Gasteiger partial charge in [0.25, 0.3) is 0 Å². The molecular weight excluding hydrogens is 616 g/mol. The van der Waals surface area contributed by atoms with Crippen molar-refractivity contribution < 1.29 is 0 Å². The molecule has 0 saturated carbocycles. The lowest BCUT2D eigenvalue weighted by Crippen LogP contribution is -2.14. The van der Waals surface area contributed by atoms with Crippen molar-refractivity contribution >= 4 is 57.9 Å². The number of benzene rings is 7. The Labute approximate surface area is 293 Å². The van der Waals surface area contributed by atoms with Gasteiger partial charge in [-0.3, -0.25) is 0 Å². The minimum atomic E-state index is -0.663. The topological polar surface area (TPSA) is 6.48 Å². The summed E-state index contributed by atoms with van der Waals surface area (Å²) in [5.74, 6) is 0. The Hall–Kier alpha value is -5.83. The molecule has 0 N–H and O–H groups in total. The first-order chi connectivity index (χ1) is 24.1. The first-order valence-electron chi connectivity index (χ1n) is 16.6. The smallest absolute Gasteiger partial charge is 0.0928 e. The van der Waals surface area contributed by atoms with Gasteiger partial charge >= 0.3 is 0 Å². The van der Waals surface area contributed by atoms with Gasteiger partial charge in [-0.25, -0.2) is 0 Å². The van der Waals surface area contributed by atoms with Gasteiger partial charge < -0.3 is 9.80 Å². The molecule has 0 fully saturated rings. The molecule has 0 amide bonds. The first kappa shape index (κ1) is 30.5. The maximum atomic E-state index is 7.49. The minimum Gasteiger partial charge on any atom is -0.311 e. The molecule has 49 heavy (non-hydrogen) atoms. The Morgan fingerprint density at radius 2 is 0.735 bits per heavy atom. The lowest BCUT2D eigenvalue weighted by atomic mass is 9.96. The predicted octanol–water partition coefficient (Wildman–Crippen LogP) is 13.3. The molecular formula is C46H35ClN2. The zero-order chi connectivity index (χ0) is 33.2. The standard InChI is InChI=1S/C46H35ClN2/c1-46(47)44-32-35(23-22-34-24-27-40(28-25-34)48(36-14-6-2-7-15-36)37-16-8-3-9-17-37)26-30-42(44)43-31-29-41(33-45(43)46)49(38-18-10-4-11-19-38)39-20-12-5-13-21-39/h2-33H,1H3. The molecule has 0 radical (unpaired) electrons. The number of rotatable bonds is 8. The fourth-order valence-corrected chi connectivity index (χ4v) is 7.17. The number of fused-ring (bicyclic) bond motifs is 3. The Kier molecular flexibility index (Phi) is 8.09. The van der Waals surface area contributed by atoms with Crippen LogP contribution < -0.4 is 9.80 Å². The number of alkyl halides is 1. The third-order valence-electron chi connectivity index (χ3n) is 9.28. The lowest BCUT2D eigenvalue weighted by molar-refractivity contribution is 0.851. The summed E-state index contributed by atoms with van der Waals surface area (Å²) in [6.45, 7) is 2.12. The molecule has 0 saturated heterocycles. The number of anilines is 6. The van der Waals surface area contributed by atoms with Gasteiger partial charge in [-0.1, -0.05) is 115 Å². The number of hydrogen-bond donors (Lipinski definition) is 0. The molecule has 0 aliphatic heterocycles. The Balaban J connectivity index is 1.07. The summed E-state index contributed by atoms with van der Waals surface area (Å²) in [6.07, 6.45) is 4.35. The van der Waals surface area contributed by atoms with Crippen molar-refractivity contribution in [2.75, 3.05) is 9.80 Å². The van der Waals surface area contributed by atoms with Crippen molar-refractivity contribution in [3.8, 4) is 11.1 Å². The molecule has 2 nitrogen and oxygen atoms in total. The van der Waals surface area contributed by atoms with Crippen LogP contribution in [0.15, 0.2) is 182 Å². The van der Waals surface area contributed by atoms with Crippen LogP contribution in [0.4, 0.5) is 34.1 Å². The highest BCUT2D eigenvalue weighted by Gasteiger charge is 2.38. The number of nitrogens with zero attached hydrogens (tertiary/aromatic N) is 2. The van der Waals surface area contributed by atoms with Crippen LogP contribution >= 0.6 is 11.6 Å². The number of hydrogen-bond acceptors (Lipinski definition) is 2. The zero-order valence-electron chi connectivity index (χ0n) is 27.2. The van der Waals surface area contributed by atoms with Crippen LogP contribution in [0.2, 0.25) is 0 Å². The van der Waals surface area contributed by atoms with E-state index >= 15 is 0 Å². The van der Waals surface area contributed by atoms with Gasteiger partial charge in [-0.2, -0.15) is 0 Å². The molecule has 1 atom stereocenters. The summed E-state index contributed by atoms with van der Waals surface area (Å²) in [5, 5.41) is 0. The molecule has 0 heterocycles.